The normalized spacial score (nSPS) is 13.3. The molecule has 0 aliphatic rings. The van der Waals surface area contributed by atoms with Gasteiger partial charge in [-0.2, -0.15) is 5.26 Å². The molecule has 2 aromatic rings. The van der Waals surface area contributed by atoms with E-state index in [1.165, 1.54) is 17.0 Å². The number of nitrogens with one attached hydrogen (secondary N) is 2. The van der Waals surface area contributed by atoms with E-state index in [2.05, 4.69) is 10.6 Å². The van der Waals surface area contributed by atoms with Gasteiger partial charge in [-0.3, -0.25) is 9.59 Å². The van der Waals surface area contributed by atoms with Crippen LogP contribution in [0.25, 0.3) is 0 Å². The Morgan fingerprint density at radius 2 is 1.70 bits per heavy atom. The van der Waals surface area contributed by atoms with Crippen LogP contribution < -0.4 is 10.6 Å². The maximum Gasteiger partial charge on any atom is 0.408 e. The summed E-state index contributed by atoms with van der Waals surface area (Å²) in [5, 5.41) is 25.1. The van der Waals surface area contributed by atoms with Gasteiger partial charge in [0.1, 0.15) is 30.0 Å². The molecule has 0 aliphatic carbocycles. The summed E-state index contributed by atoms with van der Waals surface area (Å²) < 4.78 is 5.41. The van der Waals surface area contributed by atoms with Crippen molar-refractivity contribution >= 4 is 17.9 Å². The van der Waals surface area contributed by atoms with E-state index in [4.69, 9.17) is 4.74 Å². The lowest BCUT2D eigenvalue weighted by atomic mass is 9.97. The minimum Gasteiger partial charge on any atom is -0.508 e. The highest BCUT2D eigenvalue weighted by molar-refractivity contribution is 5.92. The molecular weight excluding hydrogens is 508 g/mol. The first-order chi connectivity index (χ1) is 18.7. The highest BCUT2D eigenvalue weighted by Gasteiger charge is 2.37. The number of ether oxygens (including phenoxy) is 1. The quantitative estimate of drug-likeness (QED) is 0.343. The van der Waals surface area contributed by atoms with E-state index in [9.17, 15) is 24.8 Å². The van der Waals surface area contributed by atoms with Gasteiger partial charge in [0.2, 0.25) is 11.8 Å². The Morgan fingerprint density at radius 1 is 1.05 bits per heavy atom. The highest BCUT2D eigenvalue weighted by Crippen LogP contribution is 2.26. The minimum absolute atomic E-state index is 0.0494. The summed E-state index contributed by atoms with van der Waals surface area (Å²) in [6.45, 7) is 12.5. The van der Waals surface area contributed by atoms with Crippen LogP contribution in [0.15, 0.2) is 42.5 Å². The average Bonchev–Trinajstić information content (AvgIpc) is 2.85. The largest absolute Gasteiger partial charge is 0.508 e. The number of carbonyl (C=O) groups is 3. The Labute approximate surface area is 237 Å². The lowest BCUT2D eigenvalue weighted by molar-refractivity contribution is -0.142. The number of aryl methyl sites for hydroxylation is 2. The molecule has 0 saturated heterocycles. The molecule has 0 aromatic heterocycles. The maximum atomic E-state index is 14.2. The van der Waals surface area contributed by atoms with Crippen molar-refractivity contribution in [2.45, 2.75) is 91.5 Å². The van der Waals surface area contributed by atoms with Crippen LogP contribution in [0.5, 0.6) is 5.75 Å². The zero-order valence-corrected chi connectivity index (χ0v) is 24.6. The number of amides is 3. The predicted molar refractivity (Wildman–Crippen MR) is 153 cm³/mol. The molecule has 3 N–H and O–H groups in total. The second kappa shape index (κ2) is 14.4. The van der Waals surface area contributed by atoms with E-state index in [1.54, 1.807) is 39.0 Å². The molecule has 0 spiro atoms. The Balaban J connectivity index is 2.56. The number of alkyl carbamates (subject to hydrolysis) is 1. The number of rotatable bonds is 11. The summed E-state index contributed by atoms with van der Waals surface area (Å²) in [4.78, 5) is 41.9. The van der Waals surface area contributed by atoms with Gasteiger partial charge in [0, 0.05) is 12.5 Å². The molecule has 9 heteroatoms. The number of carbonyl (C=O) groups excluding carboxylic acids is 3. The van der Waals surface area contributed by atoms with E-state index in [0.717, 1.165) is 24.0 Å². The number of nitrogens with zero attached hydrogens (tertiary/aromatic N) is 2. The molecule has 3 atom stereocenters. The fraction of sp³-hybridized carbons (Fsp3) is 0.484. The SMILES string of the molecule is CCCC(C)NC(=O)C(c1ccc(C)c(C)c1)N(CC#N)C(=O)C(Cc1ccc(O)cc1)NC(=O)OC(C)(C)C. The van der Waals surface area contributed by atoms with Crippen LogP contribution in [-0.4, -0.2) is 52.1 Å². The van der Waals surface area contributed by atoms with E-state index in [-0.39, 0.29) is 24.8 Å². The molecule has 0 bridgehead atoms. The van der Waals surface area contributed by atoms with Gasteiger partial charge in [-0.25, -0.2) is 4.79 Å². The van der Waals surface area contributed by atoms with E-state index >= 15 is 0 Å². The highest BCUT2D eigenvalue weighted by atomic mass is 16.6. The summed E-state index contributed by atoms with van der Waals surface area (Å²) in [5.41, 5.74) is 2.38. The van der Waals surface area contributed by atoms with Crippen molar-refractivity contribution in [3.8, 4) is 11.8 Å². The van der Waals surface area contributed by atoms with Crippen molar-refractivity contribution in [3.05, 3.63) is 64.7 Å². The van der Waals surface area contributed by atoms with Gasteiger partial charge in [0.25, 0.3) is 0 Å². The molecule has 216 valence electrons. The number of benzene rings is 2. The van der Waals surface area contributed by atoms with E-state index in [0.29, 0.717) is 11.1 Å². The van der Waals surface area contributed by atoms with Crippen LogP contribution in [0.1, 0.15) is 75.8 Å². The molecule has 9 nitrogen and oxygen atoms in total. The fourth-order valence-electron chi connectivity index (χ4n) is 4.32. The number of phenols is 1. The lowest BCUT2D eigenvalue weighted by Gasteiger charge is -2.34. The van der Waals surface area contributed by atoms with Crippen molar-refractivity contribution in [1.29, 1.82) is 5.26 Å². The second-order valence-electron chi connectivity index (χ2n) is 11.1. The Kier molecular flexibility index (Phi) is 11.5. The standard InChI is InChI=1S/C31H42N4O5/c1-8-9-22(4)33-28(37)27(24-13-10-20(2)21(3)18-24)35(17-16-32)29(38)26(34-30(39)40-31(5,6)7)19-23-11-14-25(36)15-12-23/h10-15,18,22,26-27,36H,8-9,17,19H2,1-7H3,(H,33,37)(H,34,39). The third kappa shape index (κ3) is 9.60. The van der Waals surface area contributed by atoms with Crippen LogP contribution >= 0.6 is 0 Å². The van der Waals surface area contributed by atoms with Gasteiger partial charge in [0.15, 0.2) is 0 Å². The summed E-state index contributed by atoms with van der Waals surface area (Å²) >= 11 is 0. The van der Waals surface area contributed by atoms with Gasteiger partial charge >= 0.3 is 6.09 Å². The molecule has 3 amide bonds. The summed E-state index contributed by atoms with van der Waals surface area (Å²) in [6.07, 6.45) is 0.866. The van der Waals surface area contributed by atoms with Crippen molar-refractivity contribution in [1.82, 2.24) is 15.5 Å². The molecule has 0 heterocycles. The molecule has 2 rings (SSSR count). The Bertz CT molecular complexity index is 1210. The van der Waals surface area contributed by atoms with Crippen molar-refractivity contribution in [2.24, 2.45) is 0 Å². The van der Waals surface area contributed by atoms with Crippen LogP contribution in [0.2, 0.25) is 0 Å². The molecule has 0 aliphatic heterocycles. The summed E-state index contributed by atoms with van der Waals surface area (Å²) in [5.74, 6) is -0.957. The third-order valence-electron chi connectivity index (χ3n) is 6.41. The number of hydrogen-bond acceptors (Lipinski definition) is 6. The zero-order chi connectivity index (χ0) is 30.0. The van der Waals surface area contributed by atoms with Crippen molar-refractivity contribution in [3.63, 3.8) is 0 Å². The Morgan fingerprint density at radius 3 is 2.25 bits per heavy atom. The van der Waals surface area contributed by atoms with E-state index in [1.807, 2.05) is 45.9 Å². The second-order valence-corrected chi connectivity index (χ2v) is 11.1. The predicted octanol–water partition coefficient (Wildman–Crippen LogP) is 4.84. The number of aromatic hydroxyl groups is 1. The van der Waals surface area contributed by atoms with Gasteiger partial charge in [-0.15, -0.1) is 0 Å². The van der Waals surface area contributed by atoms with E-state index < -0.39 is 35.6 Å². The van der Waals surface area contributed by atoms with Crippen molar-refractivity contribution < 1.29 is 24.2 Å². The van der Waals surface area contributed by atoms with Crippen LogP contribution in [0.3, 0.4) is 0 Å². The van der Waals surface area contributed by atoms with Gasteiger partial charge in [-0.1, -0.05) is 43.7 Å². The number of phenolic OH excluding ortho intramolecular Hbond substituents is 1. The lowest BCUT2D eigenvalue weighted by Crippen LogP contribution is -2.54. The monoisotopic (exact) mass is 550 g/mol. The van der Waals surface area contributed by atoms with Crippen LogP contribution in [-0.2, 0) is 20.7 Å². The van der Waals surface area contributed by atoms with Crippen LogP contribution in [0, 0.1) is 25.2 Å². The Hall–Kier alpha value is -4.06. The molecule has 3 unspecified atom stereocenters. The first kappa shape index (κ1) is 32.2. The fourth-order valence-corrected chi connectivity index (χ4v) is 4.32. The van der Waals surface area contributed by atoms with Crippen molar-refractivity contribution in [2.75, 3.05) is 6.54 Å². The van der Waals surface area contributed by atoms with Gasteiger partial charge in [0.05, 0.1) is 6.07 Å². The number of hydrogen-bond donors (Lipinski definition) is 3. The molecular formula is C31H42N4O5. The van der Waals surface area contributed by atoms with Gasteiger partial charge in [-0.05, 0) is 82.3 Å². The number of nitriles is 1. The topological polar surface area (TPSA) is 132 Å². The zero-order valence-electron chi connectivity index (χ0n) is 24.6. The van der Waals surface area contributed by atoms with Gasteiger partial charge < -0.3 is 25.4 Å². The minimum atomic E-state index is -1.15. The molecule has 2 aromatic carbocycles. The first-order valence-electron chi connectivity index (χ1n) is 13.6. The molecule has 0 saturated carbocycles. The first-order valence-corrected chi connectivity index (χ1v) is 13.6. The van der Waals surface area contributed by atoms with Crippen LogP contribution in [0.4, 0.5) is 4.79 Å². The molecule has 0 fully saturated rings. The molecule has 40 heavy (non-hydrogen) atoms. The maximum absolute atomic E-state index is 14.2. The third-order valence-corrected chi connectivity index (χ3v) is 6.41. The summed E-state index contributed by atoms with van der Waals surface area (Å²) in [6, 6.07) is 11.4. The average molecular weight is 551 g/mol. The smallest absolute Gasteiger partial charge is 0.408 e. The summed E-state index contributed by atoms with van der Waals surface area (Å²) in [7, 11) is 0. The molecule has 0 radical (unpaired) electrons.